The van der Waals surface area contributed by atoms with Crippen molar-refractivity contribution in [3.8, 4) is 11.5 Å². The Kier molecular flexibility index (Phi) is 7.92. The normalized spacial score (nSPS) is 19.5. The maximum Gasteiger partial charge on any atom is 0.286 e. The highest BCUT2D eigenvalue weighted by Gasteiger charge is 2.28. The van der Waals surface area contributed by atoms with Crippen LogP contribution in [0.1, 0.15) is 30.6 Å². The number of carbonyl (C=O) groups excluding carboxylic acids is 1. The van der Waals surface area contributed by atoms with Gasteiger partial charge in [0, 0.05) is 12.1 Å². The highest BCUT2D eigenvalue weighted by atomic mass is 35.5. The number of halogens is 1. The van der Waals surface area contributed by atoms with Crippen LogP contribution >= 0.6 is 12.4 Å². The Morgan fingerprint density at radius 1 is 1.44 bits per heavy atom. The maximum absolute atomic E-state index is 12.6. The molecule has 1 aromatic rings. The molecule has 1 fully saturated rings. The molecule has 1 aromatic carbocycles. The van der Waals surface area contributed by atoms with Gasteiger partial charge in [-0.3, -0.25) is 14.9 Å². The molecule has 0 saturated carbocycles. The van der Waals surface area contributed by atoms with Crippen molar-refractivity contribution in [2.75, 3.05) is 26.8 Å². The van der Waals surface area contributed by atoms with Gasteiger partial charge in [-0.2, -0.15) is 0 Å². The number of benzene rings is 1. The Balaban J connectivity index is 0.00000312. The van der Waals surface area contributed by atoms with Gasteiger partial charge in [0.05, 0.1) is 24.7 Å². The number of rotatable bonds is 6. The van der Waals surface area contributed by atoms with E-state index < -0.39 is 10.8 Å². The SMILES string of the molecule is CCOc1cc(C(=O)NC2CCNCC2C)c([N+](=O)[O-])cc1OC.Cl. The minimum absolute atomic E-state index is 0. The van der Waals surface area contributed by atoms with Crippen LogP contribution in [0.2, 0.25) is 0 Å². The van der Waals surface area contributed by atoms with E-state index in [1.165, 1.54) is 19.2 Å². The summed E-state index contributed by atoms with van der Waals surface area (Å²) in [5.41, 5.74) is -0.315. The summed E-state index contributed by atoms with van der Waals surface area (Å²) in [7, 11) is 1.40. The average Bonchev–Trinajstić information content (AvgIpc) is 2.56. The van der Waals surface area contributed by atoms with Gasteiger partial charge in [0.25, 0.3) is 11.6 Å². The summed E-state index contributed by atoms with van der Waals surface area (Å²) < 4.78 is 10.5. The molecule has 140 valence electrons. The van der Waals surface area contributed by atoms with E-state index >= 15 is 0 Å². The van der Waals surface area contributed by atoms with Gasteiger partial charge in [0.1, 0.15) is 5.56 Å². The molecule has 0 bridgehead atoms. The number of hydrogen-bond donors (Lipinski definition) is 2. The molecule has 0 aliphatic carbocycles. The van der Waals surface area contributed by atoms with E-state index in [0.29, 0.717) is 12.4 Å². The summed E-state index contributed by atoms with van der Waals surface area (Å²) in [6, 6.07) is 2.59. The summed E-state index contributed by atoms with van der Waals surface area (Å²) >= 11 is 0. The lowest BCUT2D eigenvalue weighted by Gasteiger charge is -2.30. The summed E-state index contributed by atoms with van der Waals surface area (Å²) in [6.07, 6.45) is 0.787. The molecule has 0 spiro atoms. The number of piperidine rings is 1. The van der Waals surface area contributed by atoms with Gasteiger partial charge in [0.2, 0.25) is 0 Å². The second-order valence-electron chi connectivity index (χ2n) is 5.76. The molecule has 1 heterocycles. The average molecular weight is 374 g/mol. The zero-order valence-corrected chi connectivity index (χ0v) is 15.4. The van der Waals surface area contributed by atoms with Crippen molar-refractivity contribution in [2.45, 2.75) is 26.3 Å². The molecule has 9 heteroatoms. The predicted octanol–water partition coefficient (Wildman–Crippen LogP) is 2.15. The van der Waals surface area contributed by atoms with Crippen molar-refractivity contribution in [1.29, 1.82) is 0 Å². The van der Waals surface area contributed by atoms with Gasteiger partial charge in [-0.15, -0.1) is 12.4 Å². The number of hydrogen-bond acceptors (Lipinski definition) is 6. The van der Waals surface area contributed by atoms with Crippen LogP contribution in [0.4, 0.5) is 5.69 Å². The topological polar surface area (TPSA) is 103 Å². The van der Waals surface area contributed by atoms with E-state index in [4.69, 9.17) is 9.47 Å². The van der Waals surface area contributed by atoms with Crippen LogP contribution in [0.25, 0.3) is 0 Å². The van der Waals surface area contributed by atoms with E-state index in [-0.39, 0.29) is 41.4 Å². The molecule has 2 atom stereocenters. The fraction of sp³-hybridized carbons (Fsp3) is 0.562. The van der Waals surface area contributed by atoms with E-state index in [2.05, 4.69) is 10.6 Å². The first-order valence-corrected chi connectivity index (χ1v) is 7.98. The third kappa shape index (κ3) is 4.96. The van der Waals surface area contributed by atoms with Crippen LogP contribution in [0, 0.1) is 16.0 Å². The van der Waals surface area contributed by atoms with Gasteiger partial charge >= 0.3 is 0 Å². The van der Waals surface area contributed by atoms with Gasteiger partial charge in [-0.1, -0.05) is 6.92 Å². The van der Waals surface area contributed by atoms with Crippen LogP contribution < -0.4 is 20.1 Å². The number of nitrogens with one attached hydrogen (secondary N) is 2. The zero-order valence-electron chi connectivity index (χ0n) is 14.5. The fourth-order valence-corrected chi connectivity index (χ4v) is 2.78. The highest BCUT2D eigenvalue weighted by molar-refractivity contribution is 5.99. The molecule has 1 aliphatic heterocycles. The van der Waals surface area contributed by atoms with Crippen molar-refractivity contribution in [2.24, 2.45) is 5.92 Å². The molecular weight excluding hydrogens is 350 g/mol. The second-order valence-corrected chi connectivity index (χ2v) is 5.76. The first-order valence-electron chi connectivity index (χ1n) is 7.98. The number of nitro groups is 1. The number of methoxy groups -OCH3 is 1. The van der Waals surface area contributed by atoms with Crippen molar-refractivity contribution >= 4 is 24.0 Å². The van der Waals surface area contributed by atoms with E-state index in [1.807, 2.05) is 6.92 Å². The quantitative estimate of drug-likeness (QED) is 0.585. The van der Waals surface area contributed by atoms with E-state index in [9.17, 15) is 14.9 Å². The molecule has 0 aromatic heterocycles. The van der Waals surface area contributed by atoms with Crippen LogP contribution in [0.5, 0.6) is 11.5 Å². The summed E-state index contributed by atoms with van der Waals surface area (Å²) in [6.45, 7) is 5.80. The maximum atomic E-state index is 12.6. The first kappa shape index (κ1) is 21.0. The minimum atomic E-state index is -0.584. The monoisotopic (exact) mass is 373 g/mol. The Labute approximate surface area is 152 Å². The predicted molar refractivity (Wildman–Crippen MR) is 96.0 cm³/mol. The first-order chi connectivity index (χ1) is 11.5. The summed E-state index contributed by atoms with van der Waals surface area (Å²) in [5.74, 6) is 0.333. The molecule has 2 unspecified atom stereocenters. The molecule has 1 amide bonds. The largest absolute Gasteiger partial charge is 0.493 e. The Morgan fingerprint density at radius 2 is 2.16 bits per heavy atom. The standard InChI is InChI=1S/C16H23N3O5.ClH/c1-4-24-15-7-11(13(19(21)22)8-14(15)23-3)16(20)18-12-5-6-17-9-10(12)2;/h7-8,10,12,17H,4-6,9H2,1-3H3,(H,18,20);1H. The number of nitrogens with zero attached hydrogens (tertiary/aromatic N) is 1. The van der Waals surface area contributed by atoms with Crippen LogP contribution in [0.15, 0.2) is 12.1 Å². The third-order valence-electron chi connectivity index (χ3n) is 4.12. The molecule has 2 rings (SSSR count). The number of ether oxygens (including phenoxy) is 2. The summed E-state index contributed by atoms with van der Waals surface area (Å²) in [4.78, 5) is 23.4. The van der Waals surface area contributed by atoms with Gasteiger partial charge < -0.3 is 20.1 Å². The molecule has 25 heavy (non-hydrogen) atoms. The van der Waals surface area contributed by atoms with Crippen molar-refractivity contribution in [3.05, 3.63) is 27.8 Å². The van der Waals surface area contributed by atoms with Gasteiger partial charge in [-0.05, 0) is 32.4 Å². The Morgan fingerprint density at radius 3 is 2.72 bits per heavy atom. The van der Waals surface area contributed by atoms with E-state index in [0.717, 1.165) is 19.5 Å². The molecule has 1 aliphatic rings. The summed E-state index contributed by atoms with van der Waals surface area (Å²) in [5, 5.41) is 17.5. The molecule has 0 radical (unpaired) electrons. The lowest BCUT2D eigenvalue weighted by Crippen LogP contribution is -2.48. The van der Waals surface area contributed by atoms with Crippen LogP contribution in [-0.4, -0.2) is 43.7 Å². The van der Waals surface area contributed by atoms with Crippen molar-refractivity contribution in [1.82, 2.24) is 10.6 Å². The number of carbonyl (C=O) groups is 1. The smallest absolute Gasteiger partial charge is 0.286 e. The molecule has 8 nitrogen and oxygen atoms in total. The van der Waals surface area contributed by atoms with Gasteiger partial charge in [0.15, 0.2) is 11.5 Å². The lowest BCUT2D eigenvalue weighted by atomic mass is 9.95. The Bertz CT molecular complexity index is 626. The zero-order chi connectivity index (χ0) is 17.7. The molecular formula is C16H24ClN3O5. The molecule has 1 saturated heterocycles. The van der Waals surface area contributed by atoms with Crippen molar-refractivity contribution in [3.63, 3.8) is 0 Å². The van der Waals surface area contributed by atoms with Crippen LogP contribution in [-0.2, 0) is 0 Å². The minimum Gasteiger partial charge on any atom is -0.493 e. The van der Waals surface area contributed by atoms with Crippen LogP contribution in [0.3, 0.4) is 0 Å². The third-order valence-corrected chi connectivity index (χ3v) is 4.12. The van der Waals surface area contributed by atoms with Gasteiger partial charge in [-0.25, -0.2) is 0 Å². The Hall–Kier alpha value is -2.06. The highest BCUT2D eigenvalue weighted by Crippen LogP contribution is 2.34. The number of nitro benzene ring substituents is 1. The van der Waals surface area contributed by atoms with Crippen molar-refractivity contribution < 1.29 is 19.2 Å². The number of amides is 1. The fourth-order valence-electron chi connectivity index (χ4n) is 2.78. The lowest BCUT2D eigenvalue weighted by molar-refractivity contribution is -0.385. The van der Waals surface area contributed by atoms with E-state index in [1.54, 1.807) is 6.92 Å². The molecule has 2 N–H and O–H groups in total. The second kappa shape index (κ2) is 9.43.